The van der Waals surface area contributed by atoms with Crippen molar-refractivity contribution >= 4 is 11.8 Å². The van der Waals surface area contributed by atoms with Crippen molar-refractivity contribution in [3.8, 4) is 0 Å². The minimum absolute atomic E-state index is 0.0725. The largest absolute Gasteiger partial charge is 0.354 e. The zero-order chi connectivity index (χ0) is 16.4. The summed E-state index contributed by atoms with van der Waals surface area (Å²) in [5, 5.41) is 7.19. The van der Waals surface area contributed by atoms with E-state index in [1.165, 1.54) is 0 Å². The third-order valence-electron chi connectivity index (χ3n) is 5.27. The Morgan fingerprint density at radius 1 is 1.35 bits per heavy atom. The average Bonchev–Trinajstić information content (AvgIpc) is 2.90. The van der Waals surface area contributed by atoms with Crippen molar-refractivity contribution < 1.29 is 9.59 Å². The van der Waals surface area contributed by atoms with E-state index in [0.717, 1.165) is 25.2 Å². The second-order valence-corrected chi connectivity index (χ2v) is 6.57. The van der Waals surface area contributed by atoms with Gasteiger partial charge < -0.3 is 10.2 Å². The number of rotatable bonds is 2. The van der Waals surface area contributed by atoms with Crippen LogP contribution in [0, 0.1) is 6.92 Å². The van der Waals surface area contributed by atoms with E-state index in [-0.39, 0.29) is 18.4 Å². The summed E-state index contributed by atoms with van der Waals surface area (Å²) in [7, 11) is 2.02. The quantitative estimate of drug-likeness (QED) is 0.833. The molecule has 2 saturated heterocycles. The van der Waals surface area contributed by atoms with Crippen molar-refractivity contribution in [2.75, 3.05) is 33.2 Å². The van der Waals surface area contributed by atoms with Gasteiger partial charge in [-0.2, -0.15) is 5.10 Å². The molecule has 3 rings (SSSR count). The highest BCUT2D eigenvalue weighted by Crippen LogP contribution is 2.30. The lowest BCUT2D eigenvalue weighted by Crippen LogP contribution is -2.61. The van der Waals surface area contributed by atoms with Gasteiger partial charge in [0.1, 0.15) is 12.1 Å². The number of amides is 2. The minimum atomic E-state index is -0.450. The van der Waals surface area contributed by atoms with Gasteiger partial charge in [-0.3, -0.25) is 19.2 Å². The summed E-state index contributed by atoms with van der Waals surface area (Å²) in [5.74, 6) is 0.191. The molecule has 0 unspecified atom stereocenters. The molecule has 0 aliphatic carbocycles. The molecule has 1 aromatic heterocycles. The molecule has 1 N–H and O–H groups in total. The van der Waals surface area contributed by atoms with Gasteiger partial charge in [0.25, 0.3) is 0 Å². The third kappa shape index (κ3) is 2.97. The Bertz CT molecular complexity index is 589. The van der Waals surface area contributed by atoms with Crippen LogP contribution in [0.2, 0.25) is 0 Å². The van der Waals surface area contributed by atoms with Gasteiger partial charge >= 0.3 is 0 Å². The fourth-order valence-electron chi connectivity index (χ4n) is 3.60. The first-order valence-electron chi connectivity index (χ1n) is 8.29. The van der Waals surface area contributed by atoms with Crippen LogP contribution in [0.25, 0.3) is 0 Å². The van der Waals surface area contributed by atoms with Crippen LogP contribution in [0.1, 0.15) is 25.0 Å². The van der Waals surface area contributed by atoms with Crippen molar-refractivity contribution in [1.29, 1.82) is 0 Å². The first-order chi connectivity index (χ1) is 11.0. The van der Waals surface area contributed by atoms with Crippen molar-refractivity contribution in [1.82, 2.24) is 24.9 Å². The Hall–Kier alpha value is -1.89. The molecule has 0 radical (unpaired) electrons. The number of aromatic nitrogens is 2. The Labute approximate surface area is 136 Å². The average molecular weight is 319 g/mol. The molecule has 126 valence electrons. The van der Waals surface area contributed by atoms with Crippen molar-refractivity contribution in [3.63, 3.8) is 0 Å². The van der Waals surface area contributed by atoms with E-state index in [1.54, 1.807) is 10.9 Å². The summed E-state index contributed by atoms with van der Waals surface area (Å²) >= 11 is 0. The van der Waals surface area contributed by atoms with E-state index >= 15 is 0 Å². The van der Waals surface area contributed by atoms with Gasteiger partial charge in [0.15, 0.2) is 0 Å². The monoisotopic (exact) mass is 319 g/mol. The second kappa shape index (κ2) is 6.31. The fraction of sp³-hybridized carbons (Fsp3) is 0.688. The van der Waals surface area contributed by atoms with E-state index in [1.807, 2.05) is 24.9 Å². The maximum atomic E-state index is 12.5. The number of likely N-dealkylation sites (N-methyl/N-ethyl adjacent to an activating group) is 1. The van der Waals surface area contributed by atoms with Crippen molar-refractivity contribution in [2.45, 2.75) is 38.3 Å². The number of hydrogen-bond donors (Lipinski definition) is 1. The smallest absolute Gasteiger partial charge is 0.244 e. The van der Waals surface area contributed by atoms with Crippen molar-refractivity contribution in [2.24, 2.45) is 0 Å². The van der Waals surface area contributed by atoms with Crippen LogP contribution in [0.15, 0.2) is 12.3 Å². The zero-order valence-electron chi connectivity index (χ0n) is 13.9. The number of nitrogens with zero attached hydrogens (tertiary/aromatic N) is 4. The molecule has 0 saturated carbocycles. The summed E-state index contributed by atoms with van der Waals surface area (Å²) in [5.41, 5.74) is 0.532. The first-order valence-corrected chi connectivity index (χ1v) is 8.29. The molecule has 7 heteroatoms. The molecule has 2 fully saturated rings. The molecule has 3 heterocycles. The van der Waals surface area contributed by atoms with Gasteiger partial charge in [-0.25, -0.2) is 0 Å². The van der Waals surface area contributed by atoms with E-state index in [9.17, 15) is 9.59 Å². The lowest BCUT2D eigenvalue weighted by molar-refractivity contribution is -0.141. The molecule has 0 atom stereocenters. The number of aryl methyl sites for hydroxylation is 1. The Morgan fingerprint density at radius 2 is 2.09 bits per heavy atom. The lowest BCUT2D eigenvalue weighted by Gasteiger charge is -2.44. The summed E-state index contributed by atoms with van der Waals surface area (Å²) in [6.45, 7) is 5.11. The Kier molecular flexibility index (Phi) is 4.39. The number of nitrogens with one attached hydrogen (secondary N) is 1. The predicted molar refractivity (Wildman–Crippen MR) is 85.8 cm³/mol. The topological polar surface area (TPSA) is 70.5 Å². The molecule has 7 nitrogen and oxygen atoms in total. The first kappa shape index (κ1) is 16.0. The highest BCUT2D eigenvalue weighted by Gasteiger charge is 2.46. The number of carbonyl (C=O) groups excluding carboxylic acids is 2. The van der Waals surface area contributed by atoms with Crippen LogP contribution >= 0.6 is 0 Å². The maximum Gasteiger partial charge on any atom is 0.244 e. The molecule has 1 aromatic rings. The van der Waals surface area contributed by atoms with Crippen LogP contribution in [-0.4, -0.2) is 70.2 Å². The number of piperidine rings is 1. The Morgan fingerprint density at radius 3 is 2.74 bits per heavy atom. The summed E-state index contributed by atoms with van der Waals surface area (Å²) < 4.78 is 1.72. The summed E-state index contributed by atoms with van der Waals surface area (Å²) in [4.78, 5) is 29.0. The molecule has 2 aliphatic heterocycles. The van der Waals surface area contributed by atoms with Crippen LogP contribution in [0.4, 0.5) is 0 Å². The minimum Gasteiger partial charge on any atom is -0.354 e. The van der Waals surface area contributed by atoms with E-state index in [2.05, 4.69) is 15.3 Å². The SMILES string of the molecule is Cc1ccnn1CC(=O)N1CCC2(CC1)C(=O)NCCCN2C. The lowest BCUT2D eigenvalue weighted by atomic mass is 9.85. The summed E-state index contributed by atoms with van der Waals surface area (Å²) in [6.07, 6.45) is 4.07. The van der Waals surface area contributed by atoms with Gasteiger partial charge in [-0.1, -0.05) is 0 Å². The normalized spacial score (nSPS) is 22.0. The highest BCUT2D eigenvalue weighted by molar-refractivity contribution is 5.87. The molecule has 1 spiro atoms. The molecule has 2 aliphatic rings. The Balaban J connectivity index is 1.64. The van der Waals surface area contributed by atoms with Crippen LogP contribution < -0.4 is 5.32 Å². The van der Waals surface area contributed by atoms with Crippen molar-refractivity contribution in [3.05, 3.63) is 18.0 Å². The number of carbonyl (C=O) groups is 2. The molecule has 2 amide bonds. The number of hydrogen-bond acceptors (Lipinski definition) is 4. The van der Waals surface area contributed by atoms with E-state index < -0.39 is 5.54 Å². The summed E-state index contributed by atoms with van der Waals surface area (Å²) in [6, 6.07) is 1.89. The maximum absolute atomic E-state index is 12.5. The van der Waals surface area contributed by atoms with Gasteiger partial charge in [-0.15, -0.1) is 0 Å². The number of likely N-dealkylation sites (tertiary alicyclic amines) is 1. The molecule has 0 bridgehead atoms. The standard InChI is InChI=1S/C16H25N5O2/c1-13-4-8-18-21(13)12-14(22)20-10-5-16(6-11-20)15(23)17-7-3-9-19(16)2/h4,8H,3,5-7,9-12H2,1-2H3,(H,17,23). The zero-order valence-corrected chi connectivity index (χ0v) is 13.9. The van der Waals surface area contributed by atoms with Gasteiger partial charge in [-0.05, 0) is 39.3 Å². The van der Waals surface area contributed by atoms with E-state index in [4.69, 9.17) is 0 Å². The predicted octanol–water partition coefficient (Wildman–Crippen LogP) is 0.00442. The van der Waals surface area contributed by atoms with Crippen LogP contribution in [-0.2, 0) is 16.1 Å². The van der Waals surface area contributed by atoms with Gasteiger partial charge in [0, 0.05) is 38.1 Å². The fourth-order valence-corrected chi connectivity index (χ4v) is 3.60. The molecular weight excluding hydrogens is 294 g/mol. The van der Waals surface area contributed by atoms with Gasteiger partial charge in [0.2, 0.25) is 11.8 Å². The van der Waals surface area contributed by atoms with E-state index in [0.29, 0.717) is 25.9 Å². The third-order valence-corrected chi connectivity index (χ3v) is 5.27. The van der Waals surface area contributed by atoms with Crippen LogP contribution in [0.3, 0.4) is 0 Å². The second-order valence-electron chi connectivity index (χ2n) is 6.57. The highest BCUT2D eigenvalue weighted by atomic mass is 16.2. The molecule has 23 heavy (non-hydrogen) atoms. The molecular formula is C16H25N5O2. The van der Waals surface area contributed by atoms with Gasteiger partial charge in [0.05, 0.1) is 0 Å². The molecule has 0 aromatic carbocycles. The van der Waals surface area contributed by atoms with Crippen LogP contribution in [0.5, 0.6) is 0 Å².